The third kappa shape index (κ3) is 4.05. The van der Waals surface area contributed by atoms with Crippen molar-refractivity contribution in [2.24, 2.45) is 11.8 Å². The maximum absolute atomic E-state index is 10.6. The summed E-state index contributed by atoms with van der Waals surface area (Å²) in [6, 6.07) is 17.6. The molecular weight excluding hydrogens is 310 g/mol. The number of piperidine rings is 1. The van der Waals surface area contributed by atoms with Gasteiger partial charge in [0, 0.05) is 24.8 Å². The minimum atomic E-state index is -0.442. The molecule has 0 saturated carbocycles. The van der Waals surface area contributed by atoms with Crippen molar-refractivity contribution in [3.8, 4) is 5.75 Å². The van der Waals surface area contributed by atoms with Gasteiger partial charge in [0.05, 0.1) is 25.7 Å². The van der Waals surface area contributed by atoms with E-state index < -0.39 is 6.10 Å². The van der Waals surface area contributed by atoms with Gasteiger partial charge >= 0.3 is 0 Å². The molecule has 0 amide bonds. The molecule has 1 fully saturated rings. The van der Waals surface area contributed by atoms with Crippen LogP contribution in [0.2, 0.25) is 0 Å². The topological polar surface area (TPSA) is 40.5 Å². The Morgan fingerprint density at radius 2 is 1.80 bits per heavy atom. The summed E-state index contributed by atoms with van der Waals surface area (Å²) in [5.74, 6) is 1.68. The summed E-state index contributed by atoms with van der Waals surface area (Å²) in [5.41, 5.74) is 2.15. The number of rotatable bonds is 5. The number of aromatic hydroxyl groups is 1. The molecule has 1 unspecified atom stereocenters. The molecule has 0 aliphatic carbocycles. The first-order valence-electron chi connectivity index (χ1n) is 9.39. The molecule has 2 aromatic carbocycles. The third-order valence-corrected chi connectivity index (χ3v) is 6.01. The normalized spacial score (nSPS) is 27.8. The minimum Gasteiger partial charge on any atom is -0.508 e. The van der Waals surface area contributed by atoms with E-state index in [9.17, 15) is 10.2 Å². The molecule has 4 atom stereocenters. The Bertz CT molecular complexity index is 687. The van der Waals surface area contributed by atoms with Crippen molar-refractivity contribution >= 4 is 5.69 Å². The van der Waals surface area contributed by atoms with Gasteiger partial charge in [-0.25, -0.2) is 0 Å². The third-order valence-electron chi connectivity index (χ3n) is 6.01. The summed E-state index contributed by atoms with van der Waals surface area (Å²) in [6.07, 6.45) is 1.46. The van der Waals surface area contributed by atoms with Gasteiger partial charge < -0.3 is 10.2 Å². The standard InChI is InChI=1S/C22H29NO2/c1-17-11-13-23(16-18(17)2,20-9-6-10-21(24)15-20)14-12-22(25)19-7-4-3-5-8-19/h3-10,15,17-18,22,25H,11-14,16H2,1-2H3/p+1/t17?,18-,22-,23+/m0/s1. The second-order valence-corrected chi connectivity index (χ2v) is 7.75. The Morgan fingerprint density at radius 1 is 1.04 bits per heavy atom. The van der Waals surface area contributed by atoms with Crippen LogP contribution in [-0.2, 0) is 0 Å². The molecule has 3 rings (SSSR count). The lowest BCUT2D eigenvalue weighted by Gasteiger charge is -2.46. The van der Waals surface area contributed by atoms with Crippen molar-refractivity contribution in [1.29, 1.82) is 0 Å². The Kier molecular flexibility index (Phi) is 5.45. The van der Waals surface area contributed by atoms with Gasteiger partial charge in [0.2, 0.25) is 0 Å². The predicted molar refractivity (Wildman–Crippen MR) is 103 cm³/mol. The molecular formula is C22H30NO2+. The number of quaternary nitrogens is 1. The van der Waals surface area contributed by atoms with Crippen LogP contribution in [0.1, 0.15) is 38.4 Å². The quantitative estimate of drug-likeness (QED) is 0.787. The number of hydrogen-bond acceptors (Lipinski definition) is 2. The molecule has 2 aromatic rings. The van der Waals surface area contributed by atoms with Crippen LogP contribution in [0.4, 0.5) is 5.69 Å². The highest BCUT2D eigenvalue weighted by Gasteiger charge is 2.39. The van der Waals surface area contributed by atoms with Crippen LogP contribution in [0, 0.1) is 11.8 Å². The fraction of sp³-hybridized carbons (Fsp3) is 0.455. The molecule has 0 aromatic heterocycles. The number of nitrogens with zero attached hydrogens (tertiary/aromatic N) is 1. The van der Waals surface area contributed by atoms with E-state index in [1.807, 2.05) is 42.5 Å². The number of aliphatic hydroxyl groups excluding tert-OH is 1. The Morgan fingerprint density at radius 3 is 2.48 bits per heavy atom. The van der Waals surface area contributed by atoms with Crippen LogP contribution < -0.4 is 4.48 Å². The lowest BCUT2D eigenvalue weighted by molar-refractivity contribution is 0.105. The molecule has 1 aliphatic heterocycles. The second-order valence-electron chi connectivity index (χ2n) is 7.75. The highest BCUT2D eigenvalue weighted by atomic mass is 16.3. The number of phenols is 1. The zero-order valence-electron chi connectivity index (χ0n) is 15.3. The lowest BCUT2D eigenvalue weighted by atomic mass is 9.86. The zero-order chi connectivity index (χ0) is 17.9. The van der Waals surface area contributed by atoms with E-state index in [1.165, 1.54) is 12.1 Å². The van der Waals surface area contributed by atoms with Gasteiger partial charge in [0.1, 0.15) is 11.4 Å². The molecule has 1 heterocycles. The van der Waals surface area contributed by atoms with Gasteiger partial charge in [-0.2, -0.15) is 0 Å². The smallest absolute Gasteiger partial charge is 0.136 e. The van der Waals surface area contributed by atoms with Crippen LogP contribution >= 0.6 is 0 Å². The van der Waals surface area contributed by atoms with Crippen molar-refractivity contribution in [2.45, 2.75) is 32.8 Å². The van der Waals surface area contributed by atoms with E-state index in [1.54, 1.807) is 6.07 Å². The summed E-state index contributed by atoms with van der Waals surface area (Å²) < 4.78 is 0.851. The van der Waals surface area contributed by atoms with Gasteiger partial charge in [-0.1, -0.05) is 50.2 Å². The average Bonchev–Trinajstić information content (AvgIpc) is 2.63. The molecule has 1 saturated heterocycles. The maximum Gasteiger partial charge on any atom is 0.136 e. The summed E-state index contributed by atoms with van der Waals surface area (Å²) in [7, 11) is 0. The van der Waals surface area contributed by atoms with Gasteiger partial charge in [0.25, 0.3) is 0 Å². The van der Waals surface area contributed by atoms with Crippen LogP contribution in [-0.4, -0.2) is 29.8 Å². The fourth-order valence-electron chi connectivity index (χ4n) is 4.12. The Labute approximate surface area is 151 Å². The molecule has 1 aliphatic rings. The number of aliphatic hydroxyl groups is 1. The molecule has 3 nitrogen and oxygen atoms in total. The Balaban J connectivity index is 1.82. The van der Waals surface area contributed by atoms with Crippen molar-refractivity contribution in [3.63, 3.8) is 0 Å². The first-order valence-corrected chi connectivity index (χ1v) is 9.39. The highest BCUT2D eigenvalue weighted by Crippen LogP contribution is 2.36. The SMILES string of the molecule is CC1CC[N@+](CC[C@H](O)c2ccccc2)(c2cccc(O)c2)C[C@@H]1C. The van der Waals surface area contributed by atoms with E-state index in [2.05, 4.69) is 19.9 Å². The number of hydrogen-bond donors (Lipinski definition) is 2. The summed E-state index contributed by atoms with van der Waals surface area (Å²) >= 11 is 0. The monoisotopic (exact) mass is 340 g/mol. The molecule has 25 heavy (non-hydrogen) atoms. The number of likely N-dealkylation sites (tertiary alicyclic amines) is 1. The molecule has 0 bridgehead atoms. The molecule has 0 radical (unpaired) electrons. The van der Waals surface area contributed by atoms with Crippen LogP contribution in [0.15, 0.2) is 54.6 Å². The van der Waals surface area contributed by atoms with Crippen molar-refractivity contribution < 1.29 is 10.2 Å². The van der Waals surface area contributed by atoms with Gasteiger partial charge in [-0.05, 0) is 23.6 Å². The Hall–Kier alpha value is -1.84. The van der Waals surface area contributed by atoms with E-state index in [0.29, 0.717) is 11.7 Å². The van der Waals surface area contributed by atoms with Crippen molar-refractivity contribution in [3.05, 3.63) is 60.2 Å². The van der Waals surface area contributed by atoms with E-state index in [4.69, 9.17) is 0 Å². The number of benzene rings is 2. The largest absolute Gasteiger partial charge is 0.508 e. The van der Waals surface area contributed by atoms with E-state index in [0.717, 1.165) is 42.0 Å². The molecule has 2 N–H and O–H groups in total. The molecule has 3 heteroatoms. The second kappa shape index (κ2) is 7.59. The fourth-order valence-corrected chi connectivity index (χ4v) is 4.12. The van der Waals surface area contributed by atoms with Gasteiger partial charge in [-0.15, -0.1) is 0 Å². The lowest BCUT2D eigenvalue weighted by Crippen LogP contribution is -2.57. The van der Waals surface area contributed by atoms with Crippen LogP contribution in [0.3, 0.4) is 0 Å². The first-order chi connectivity index (χ1) is 12.0. The van der Waals surface area contributed by atoms with Gasteiger partial charge in [0.15, 0.2) is 0 Å². The predicted octanol–water partition coefficient (Wildman–Crippen LogP) is 4.50. The first kappa shape index (κ1) is 18.0. The number of phenolic OH excluding ortho intramolecular Hbond substituents is 1. The van der Waals surface area contributed by atoms with Gasteiger partial charge in [-0.3, -0.25) is 4.48 Å². The molecule has 134 valence electrons. The summed E-state index contributed by atoms with van der Waals surface area (Å²) in [6.45, 7) is 7.67. The van der Waals surface area contributed by atoms with E-state index >= 15 is 0 Å². The van der Waals surface area contributed by atoms with Crippen molar-refractivity contribution in [1.82, 2.24) is 4.48 Å². The van der Waals surface area contributed by atoms with Crippen LogP contribution in [0.25, 0.3) is 0 Å². The van der Waals surface area contributed by atoms with Crippen LogP contribution in [0.5, 0.6) is 5.75 Å². The average molecular weight is 340 g/mol. The van der Waals surface area contributed by atoms with Crippen molar-refractivity contribution in [2.75, 3.05) is 19.6 Å². The maximum atomic E-state index is 10.6. The summed E-state index contributed by atoms with van der Waals surface area (Å²) in [4.78, 5) is 0. The summed E-state index contributed by atoms with van der Waals surface area (Å²) in [5, 5.41) is 20.6. The van der Waals surface area contributed by atoms with E-state index in [-0.39, 0.29) is 0 Å². The minimum absolute atomic E-state index is 0.324. The highest BCUT2D eigenvalue weighted by molar-refractivity contribution is 5.48. The molecule has 0 spiro atoms. The zero-order valence-corrected chi connectivity index (χ0v) is 15.3.